The second kappa shape index (κ2) is 7.52. The summed E-state index contributed by atoms with van der Waals surface area (Å²) in [6, 6.07) is 13.6. The Bertz CT molecular complexity index is 1150. The number of pyridine rings is 1. The molecule has 0 atom stereocenters. The summed E-state index contributed by atoms with van der Waals surface area (Å²) in [5.74, 6) is -1.03. The average molecular weight is 403 g/mol. The highest BCUT2D eigenvalue weighted by Crippen LogP contribution is 2.35. The number of rotatable bonds is 3. The molecule has 6 heteroatoms. The highest BCUT2D eigenvalue weighted by Gasteiger charge is 2.38. The van der Waals surface area contributed by atoms with Crippen molar-refractivity contribution in [2.45, 2.75) is 44.7 Å². The molecule has 1 saturated carbocycles. The van der Waals surface area contributed by atoms with Gasteiger partial charge in [-0.15, -0.1) is 0 Å². The number of aromatic nitrogens is 1. The third kappa shape index (κ3) is 3.12. The van der Waals surface area contributed by atoms with Crippen LogP contribution in [0.3, 0.4) is 0 Å². The number of amides is 2. The second-order valence-corrected chi connectivity index (χ2v) is 7.99. The van der Waals surface area contributed by atoms with Crippen LogP contribution in [0.5, 0.6) is 0 Å². The van der Waals surface area contributed by atoms with E-state index >= 15 is 0 Å². The van der Waals surface area contributed by atoms with E-state index < -0.39 is 11.7 Å². The maximum Gasteiger partial charge on any atom is 0.273 e. The summed E-state index contributed by atoms with van der Waals surface area (Å²) in [5.41, 5.74) is 2.10. The van der Waals surface area contributed by atoms with Gasteiger partial charge in [0, 0.05) is 23.5 Å². The summed E-state index contributed by atoms with van der Waals surface area (Å²) in [6.45, 7) is 0.372. The molecule has 1 aromatic heterocycles. The van der Waals surface area contributed by atoms with Crippen LogP contribution in [0.2, 0.25) is 0 Å². The minimum Gasteiger partial charge on any atom is -0.330 e. The number of nitrogens with zero attached hydrogens (tertiary/aromatic N) is 2. The zero-order chi connectivity index (χ0) is 20.7. The second-order valence-electron chi connectivity index (χ2n) is 7.99. The van der Waals surface area contributed by atoms with Gasteiger partial charge in [0.2, 0.25) is 0 Å². The van der Waals surface area contributed by atoms with Gasteiger partial charge in [0.1, 0.15) is 11.5 Å². The first-order valence-corrected chi connectivity index (χ1v) is 10.4. The van der Waals surface area contributed by atoms with Crippen molar-refractivity contribution in [3.63, 3.8) is 0 Å². The van der Waals surface area contributed by atoms with Gasteiger partial charge < -0.3 is 10.2 Å². The Kier molecular flexibility index (Phi) is 4.69. The minimum atomic E-state index is -0.499. The van der Waals surface area contributed by atoms with Gasteiger partial charge in [-0.2, -0.15) is 0 Å². The number of anilines is 1. The van der Waals surface area contributed by atoms with Crippen LogP contribution < -0.4 is 5.32 Å². The fraction of sp³-hybridized carbons (Fsp3) is 0.292. The molecule has 1 aliphatic heterocycles. The number of carbonyl (C=O) groups is 2. The number of halogens is 1. The van der Waals surface area contributed by atoms with Gasteiger partial charge in [0.15, 0.2) is 0 Å². The van der Waals surface area contributed by atoms with Crippen LogP contribution >= 0.6 is 0 Å². The Morgan fingerprint density at radius 2 is 1.77 bits per heavy atom. The first-order valence-electron chi connectivity index (χ1n) is 10.4. The first-order chi connectivity index (χ1) is 14.6. The number of benzene rings is 2. The molecule has 2 aromatic carbocycles. The third-order valence-electron chi connectivity index (χ3n) is 6.15. The number of carbonyl (C=O) groups excluding carboxylic acids is 2. The van der Waals surface area contributed by atoms with Crippen molar-refractivity contribution in [2.75, 3.05) is 5.32 Å². The molecule has 0 radical (unpaired) electrons. The van der Waals surface area contributed by atoms with E-state index in [1.165, 1.54) is 18.6 Å². The molecule has 152 valence electrons. The molecule has 1 N–H and O–H groups in total. The van der Waals surface area contributed by atoms with E-state index in [9.17, 15) is 14.0 Å². The molecule has 2 amide bonds. The maximum atomic E-state index is 14.1. The van der Waals surface area contributed by atoms with E-state index in [0.29, 0.717) is 34.3 Å². The molecule has 1 aliphatic carbocycles. The Hall–Kier alpha value is -3.28. The molecule has 1 fully saturated rings. The van der Waals surface area contributed by atoms with Crippen LogP contribution in [-0.2, 0) is 6.54 Å². The largest absolute Gasteiger partial charge is 0.330 e. The van der Waals surface area contributed by atoms with Crippen molar-refractivity contribution in [2.24, 2.45) is 0 Å². The predicted molar refractivity (Wildman–Crippen MR) is 113 cm³/mol. The van der Waals surface area contributed by atoms with Gasteiger partial charge in [-0.1, -0.05) is 49.6 Å². The van der Waals surface area contributed by atoms with Crippen LogP contribution in [0.25, 0.3) is 10.9 Å². The number of nitrogens with one attached hydrogen (secondary N) is 1. The van der Waals surface area contributed by atoms with Crippen molar-refractivity contribution in [1.29, 1.82) is 0 Å². The normalized spacial score (nSPS) is 16.7. The van der Waals surface area contributed by atoms with Gasteiger partial charge in [-0.05, 0) is 31.0 Å². The van der Waals surface area contributed by atoms with Crippen molar-refractivity contribution >= 4 is 28.4 Å². The van der Waals surface area contributed by atoms with Crippen molar-refractivity contribution < 1.29 is 14.0 Å². The molecule has 0 spiro atoms. The summed E-state index contributed by atoms with van der Waals surface area (Å²) in [7, 11) is 0. The summed E-state index contributed by atoms with van der Waals surface area (Å²) in [4.78, 5) is 33.0. The van der Waals surface area contributed by atoms with E-state index in [2.05, 4.69) is 10.3 Å². The summed E-state index contributed by atoms with van der Waals surface area (Å²) >= 11 is 0. The van der Waals surface area contributed by atoms with Gasteiger partial charge in [0.25, 0.3) is 11.8 Å². The van der Waals surface area contributed by atoms with Crippen LogP contribution in [0.15, 0.2) is 48.5 Å². The SMILES string of the molecule is O=C(Nc1ccccc1F)c1c2c(nc3ccccc13)C(=O)N(C1CCCCC1)C2. The molecular weight excluding hydrogens is 381 g/mol. The smallest absolute Gasteiger partial charge is 0.273 e. The fourth-order valence-electron chi connectivity index (χ4n) is 4.65. The number of hydrogen-bond donors (Lipinski definition) is 1. The van der Waals surface area contributed by atoms with E-state index in [1.54, 1.807) is 18.2 Å². The van der Waals surface area contributed by atoms with Crippen LogP contribution in [0.1, 0.15) is 58.5 Å². The van der Waals surface area contributed by atoms with Gasteiger partial charge in [0.05, 0.1) is 16.8 Å². The molecular formula is C24H22FN3O2. The molecule has 2 aliphatic rings. The topological polar surface area (TPSA) is 62.3 Å². The lowest BCUT2D eigenvalue weighted by atomic mass is 9.94. The summed E-state index contributed by atoms with van der Waals surface area (Å²) < 4.78 is 14.1. The van der Waals surface area contributed by atoms with Crippen LogP contribution in [-0.4, -0.2) is 27.7 Å². The molecule has 30 heavy (non-hydrogen) atoms. The van der Waals surface area contributed by atoms with Gasteiger partial charge >= 0.3 is 0 Å². The lowest BCUT2D eigenvalue weighted by Crippen LogP contribution is -2.37. The zero-order valence-corrected chi connectivity index (χ0v) is 16.5. The molecule has 2 heterocycles. The van der Waals surface area contributed by atoms with E-state index in [1.807, 2.05) is 23.1 Å². The molecule has 0 saturated heterocycles. The standard InChI is InChI=1S/C24H22FN3O2/c25-18-11-5-7-13-20(18)27-23(29)21-16-10-4-6-12-19(16)26-22-17(21)14-28(24(22)30)15-8-2-1-3-9-15/h4-7,10-13,15H,1-3,8-9,14H2,(H,27,29). The van der Waals surface area contributed by atoms with Gasteiger partial charge in [-0.25, -0.2) is 9.37 Å². The molecule has 5 rings (SSSR count). The van der Waals surface area contributed by atoms with E-state index in [-0.39, 0.29) is 17.6 Å². The molecule has 3 aromatic rings. The van der Waals surface area contributed by atoms with Crippen LogP contribution in [0, 0.1) is 5.82 Å². The zero-order valence-electron chi connectivity index (χ0n) is 16.5. The Morgan fingerprint density at radius 3 is 2.57 bits per heavy atom. The quantitative estimate of drug-likeness (QED) is 0.676. The van der Waals surface area contributed by atoms with Crippen LogP contribution in [0.4, 0.5) is 10.1 Å². The predicted octanol–water partition coefficient (Wildman–Crippen LogP) is 4.91. The maximum absolute atomic E-state index is 14.1. The number of hydrogen-bond acceptors (Lipinski definition) is 3. The molecule has 0 bridgehead atoms. The summed E-state index contributed by atoms with van der Waals surface area (Å²) in [6.07, 6.45) is 5.39. The third-order valence-corrected chi connectivity index (χ3v) is 6.15. The van der Waals surface area contributed by atoms with Crippen molar-refractivity contribution in [3.05, 3.63) is 71.2 Å². The highest BCUT2D eigenvalue weighted by atomic mass is 19.1. The summed E-state index contributed by atoms with van der Waals surface area (Å²) in [5, 5.41) is 3.36. The molecule has 0 unspecified atom stereocenters. The molecule has 5 nitrogen and oxygen atoms in total. The highest BCUT2D eigenvalue weighted by molar-refractivity contribution is 6.16. The minimum absolute atomic E-state index is 0.109. The Balaban J connectivity index is 1.59. The van der Waals surface area contributed by atoms with Gasteiger partial charge in [-0.3, -0.25) is 9.59 Å². The first kappa shape index (κ1) is 18.7. The number of para-hydroxylation sites is 2. The van der Waals surface area contributed by atoms with E-state index in [4.69, 9.17) is 0 Å². The number of fused-ring (bicyclic) bond motifs is 2. The fourth-order valence-corrected chi connectivity index (χ4v) is 4.65. The Morgan fingerprint density at radius 1 is 1.03 bits per heavy atom. The Labute approximate surface area is 173 Å². The van der Waals surface area contributed by atoms with Crippen molar-refractivity contribution in [1.82, 2.24) is 9.88 Å². The average Bonchev–Trinajstić information content (AvgIpc) is 3.10. The van der Waals surface area contributed by atoms with Crippen molar-refractivity contribution in [3.8, 4) is 0 Å². The lowest BCUT2D eigenvalue weighted by molar-refractivity contribution is 0.0655. The van der Waals surface area contributed by atoms with E-state index in [0.717, 1.165) is 25.7 Å². The monoisotopic (exact) mass is 403 g/mol. The lowest BCUT2D eigenvalue weighted by Gasteiger charge is -2.30.